The second-order valence-corrected chi connectivity index (χ2v) is 9.25. The Bertz CT molecular complexity index is 1520. The average Bonchev–Trinajstić information content (AvgIpc) is 3.20. The third kappa shape index (κ3) is 3.64. The predicted octanol–water partition coefficient (Wildman–Crippen LogP) is 6.28. The molecule has 1 aliphatic heterocycles. The zero-order valence-corrected chi connectivity index (χ0v) is 19.9. The number of fused-ring (bicyclic) bond motifs is 4. The van der Waals surface area contributed by atoms with Crippen LogP contribution in [0.2, 0.25) is 0 Å². The second kappa shape index (κ2) is 8.62. The first kappa shape index (κ1) is 20.9. The van der Waals surface area contributed by atoms with Gasteiger partial charge in [0.25, 0.3) is 0 Å². The van der Waals surface area contributed by atoms with Gasteiger partial charge in [-0.3, -0.25) is 0 Å². The summed E-state index contributed by atoms with van der Waals surface area (Å²) in [4.78, 5) is 9.86. The first-order valence-corrected chi connectivity index (χ1v) is 12.2. The van der Waals surface area contributed by atoms with Crippen LogP contribution in [-0.4, -0.2) is 47.7 Å². The van der Waals surface area contributed by atoms with Crippen molar-refractivity contribution in [1.82, 2.24) is 14.5 Å². The number of anilines is 1. The van der Waals surface area contributed by atoms with Gasteiger partial charge in [-0.25, -0.2) is 4.98 Å². The van der Waals surface area contributed by atoms with Gasteiger partial charge in [-0.05, 0) is 55.9 Å². The van der Waals surface area contributed by atoms with Crippen molar-refractivity contribution in [2.45, 2.75) is 13.5 Å². The molecule has 0 N–H and O–H groups in total. The SMILES string of the molecule is CCn1c2ccccc2c2cc(/C=C/c3cc(N4CCN(C)CC4)c4ccccc4n3)ccc21. The number of nitrogens with zero attached hydrogens (tertiary/aromatic N) is 4. The van der Waals surface area contributed by atoms with Gasteiger partial charge in [0, 0.05) is 65.6 Å². The van der Waals surface area contributed by atoms with Crippen LogP contribution < -0.4 is 4.90 Å². The van der Waals surface area contributed by atoms with Gasteiger partial charge in [-0.2, -0.15) is 0 Å². The van der Waals surface area contributed by atoms with E-state index >= 15 is 0 Å². The maximum atomic E-state index is 4.96. The van der Waals surface area contributed by atoms with Crippen LogP contribution >= 0.6 is 0 Å². The molecular weight excluding hydrogens is 416 g/mol. The molecule has 6 rings (SSSR count). The lowest BCUT2D eigenvalue weighted by atomic mass is 10.1. The highest BCUT2D eigenvalue weighted by Crippen LogP contribution is 2.31. The normalized spacial score (nSPS) is 15.3. The maximum absolute atomic E-state index is 4.96. The number of aromatic nitrogens is 2. The highest BCUT2D eigenvalue weighted by atomic mass is 15.2. The van der Waals surface area contributed by atoms with Crippen molar-refractivity contribution in [1.29, 1.82) is 0 Å². The van der Waals surface area contributed by atoms with E-state index in [-0.39, 0.29) is 0 Å². The number of benzene rings is 3. The lowest BCUT2D eigenvalue weighted by Crippen LogP contribution is -2.44. The summed E-state index contributed by atoms with van der Waals surface area (Å²) in [7, 11) is 2.20. The van der Waals surface area contributed by atoms with E-state index in [0.29, 0.717) is 0 Å². The van der Waals surface area contributed by atoms with E-state index in [9.17, 15) is 0 Å². The van der Waals surface area contributed by atoms with Crippen molar-refractivity contribution in [2.75, 3.05) is 38.1 Å². The fourth-order valence-electron chi connectivity index (χ4n) is 5.27. The summed E-state index contributed by atoms with van der Waals surface area (Å²) in [6, 6.07) is 26.2. The quantitative estimate of drug-likeness (QED) is 0.324. The number of rotatable bonds is 4. The minimum atomic E-state index is 0.968. The predicted molar refractivity (Wildman–Crippen MR) is 145 cm³/mol. The fourth-order valence-corrected chi connectivity index (χ4v) is 5.27. The summed E-state index contributed by atoms with van der Waals surface area (Å²) in [5, 5.41) is 3.86. The summed E-state index contributed by atoms with van der Waals surface area (Å²) in [6.07, 6.45) is 4.36. The van der Waals surface area contributed by atoms with E-state index in [0.717, 1.165) is 43.9 Å². The van der Waals surface area contributed by atoms with E-state index < -0.39 is 0 Å². The number of hydrogen-bond acceptors (Lipinski definition) is 3. The number of hydrogen-bond donors (Lipinski definition) is 0. The Hall–Kier alpha value is -3.63. The van der Waals surface area contributed by atoms with E-state index in [1.165, 1.54) is 38.4 Å². The molecular formula is C30H30N4. The molecule has 0 spiro atoms. The molecule has 4 heteroatoms. The molecule has 1 saturated heterocycles. The maximum Gasteiger partial charge on any atom is 0.0730 e. The van der Waals surface area contributed by atoms with E-state index in [4.69, 9.17) is 4.98 Å². The Kier molecular flexibility index (Phi) is 5.31. The minimum absolute atomic E-state index is 0.968. The summed E-state index contributed by atoms with van der Waals surface area (Å²) >= 11 is 0. The molecule has 0 saturated carbocycles. The number of likely N-dealkylation sites (N-methyl/N-ethyl adjacent to an activating group) is 1. The number of pyridine rings is 1. The van der Waals surface area contributed by atoms with Crippen LogP contribution in [0.15, 0.2) is 72.8 Å². The van der Waals surface area contributed by atoms with Crippen LogP contribution in [0.5, 0.6) is 0 Å². The molecule has 1 fully saturated rings. The van der Waals surface area contributed by atoms with Crippen LogP contribution in [-0.2, 0) is 6.54 Å². The molecule has 34 heavy (non-hydrogen) atoms. The first-order chi connectivity index (χ1) is 16.7. The Morgan fingerprint density at radius 3 is 2.32 bits per heavy atom. The Balaban J connectivity index is 1.40. The van der Waals surface area contributed by atoms with E-state index in [2.05, 4.69) is 113 Å². The third-order valence-corrected chi connectivity index (χ3v) is 7.12. The molecule has 0 aliphatic carbocycles. The van der Waals surface area contributed by atoms with Crippen molar-refractivity contribution in [3.05, 3.63) is 84.1 Å². The van der Waals surface area contributed by atoms with Crippen LogP contribution in [0.3, 0.4) is 0 Å². The average molecular weight is 447 g/mol. The topological polar surface area (TPSA) is 24.3 Å². The molecule has 0 amide bonds. The van der Waals surface area contributed by atoms with E-state index in [1.54, 1.807) is 0 Å². The molecule has 4 nitrogen and oxygen atoms in total. The van der Waals surface area contributed by atoms with Gasteiger partial charge in [0.15, 0.2) is 0 Å². The monoisotopic (exact) mass is 446 g/mol. The summed E-state index contributed by atoms with van der Waals surface area (Å²) in [5.74, 6) is 0. The lowest BCUT2D eigenvalue weighted by molar-refractivity contribution is 0.313. The van der Waals surface area contributed by atoms with Crippen LogP contribution in [0, 0.1) is 0 Å². The van der Waals surface area contributed by atoms with Crippen molar-refractivity contribution < 1.29 is 0 Å². The second-order valence-electron chi connectivity index (χ2n) is 9.25. The van der Waals surface area contributed by atoms with Crippen LogP contribution in [0.1, 0.15) is 18.2 Å². The minimum Gasteiger partial charge on any atom is -0.368 e. The highest BCUT2D eigenvalue weighted by Gasteiger charge is 2.17. The Morgan fingerprint density at radius 1 is 0.765 bits per heavy atom. The molecule has 5 aromatic rings. The van der Waals surface area contributed by atoms with Gasteiger partial charge < -0.3 is 14.4 Å². The summed E-state index contributed by atoms with van der Waals surface area (Å²) in [5.41, 5.74) is 7.14. The zero-order valence-electron chi connectivity index (χ0n) is 19.9. The van der Waals surface area contributed by atoms with Crippen LogP contribution in [0.4, 0.5) is 5.69 Å². The van der Waals surface area contributed by atoms with Crippen LogP contribution in [0.25, 0.3) is 44.9 Å². The largest absolute Gasteiger partial charge is 0.368 e. The third-order valence-electron chi connectivity index (χ3n) is 7.12. The highest BCUT2D eigenvalue weighted by molar-refractivity contribution is 6.08. The molecule has 3 aromatic carbocycles. The Morgan fingerprint density at radius 2 is 1.50 bits per heavy atom. The number of para-hydroxylation sites is 2. The van der Waals surface area contributed by atoms with Crippen molar-refractivity contribution in [3.63, 3.8) is 0 Å². The molecule has 0 unspecified atom stereocenters. The molecule has 1 aliphatic rings. The van der Waals surface area contributed by atoms with Gasteiger partial charge in [-0.1, -0.05) is 48.5 Å². The molecule has 3 heterocycles. The van der Waals surface area contributed by atoms with Crippen molar-refractivity contribution in [2.24, 2.45) is 0 Å². The first-order valence-electron chi connectivity index (χ1n) is 12.2. The molecule has 0 bridgehead atoms. The number of piperazine rings is 1. The summed E-state index contributed by atoms with van der Waals surface area (Å²) < 4.78 is 2.39. The Labute approximate surface area is 200 Å². The van der Waals surface area contributed by atoms with Gasteiger partial charge in [0.2, 0.25) is 0 Å². The fraction of sp³-hybridized carbons (Fsp3) is 0.233. The van der Waals surface area contributed by atoms with E-state index in [1.807, 2.05) is 0 Å². The van der Waals surface area contributed by atoms with Crippen molar-refractivity contribution in [3.8, 4) is 0 Å². The molecule has 170 valence electrons. The van der Waals surface area contributed by atoms with Gasteiger partial charge >= 0.3 is 0 Å². The van der Waals surface area contributed by atoms with Gasteiger partial charge in [-0.15, -0.1) is 0 Å². The summed E-state index contributed by atoms with van der Waals surface area (Å²) in [6.45, 7) is 7.45. The zero-order chi connectivity index (χ0) is 23.1. The van der Waals surface area contributed by atoms with Crippen molar-refractivity contribution >= 4 is 50.5 Å². The van der Waals surface area contributed by atoms with Gasteiger partial charge in [0.1, 0.15) is 0 Å². The number of aryl methyl sites for hydroxylation is 1. The molecule has 2 aromatic heterocycles. The molecule has 0 radical (unpaired) electrons. The lowest BCUT2D eigenvalue weighted by Gasteiger charge is -2.34. The van der Waals surface area contributed by atoms with Gasteiger partial charge in [0.05, 0.1) is 11.2 Å². The standard InChI is InChI=1S/C30H30N4/c1-3-34-28-11-7-5-8-24(28)26-20-22(13-15-29(26)34)12-14-23-21-30(33-18-16-32(2)17-19-33)25-9-4-6-10-27(25)31-23/h4-15,20-21H,3,16-19H2,1-2H3/b14-12+. The smallest absolute Gasteiger partial charge is 0.0730 e. The molecule has 0 atom stereocenters.